The van der Waals surface area contributed by atoms with E-state index in [4.69, 9.17) is 5.73 Å². The topological polar surface area (TPSA) is 100 Å². The third kappa shape index (κ3) is 2.32. The second-order valence-corrected chi connectivity index (χ2v) is 5.35. The van der Waals surface area contributed by atoms with Crippen molar-refractivity contribution in [2.24, 2.45) is 5.73 Å². The number of nitrogens with two attached hydrogens (primary N) is 1. The fourth-order valence-electron chi connectivity index (χ4n) is 2.57. The Hall–Kier alpha value is -3.48. The standard InChI is InChI=1S/C17H12FN5O/c18-11-4-1-9(2-5-11)14-8-20-17(21-14)15-12-7-10(16(19)24)3-6-13(12)22-23-15/h1-8H,(H2,19,24)(H,20,21)(H,22,23). The highest BCUT2D eigenvalue weighted by Gasteiger charge is 2.14. The second-order valence-electron chi connectivity index (χ2n) is 5.35. The maximum Gasteiger partial charge on any atom is 0.248 e. The van der Waals surface area contributed by atoms with E-state index in [1.165, 1.54) is 12.1 Å². The number of aromatic amines is 2. The van der Waals surface area contributed by atoms with Crippen LogP contribution in [0.25, 0.3) is 33.7 Å². The highest BCUT2D eigenvalue weighted by Crippen LogP contribution is 2.27. The van der Waals surface area contributed by atoms with Gasteiger partial charge in [0.15, 0.2) is 5.82 Å². The number of H-pyrrole nitrogens is 2. The van der Waals surface area contributed by atoms with Gasteiger partial charge in [-0.2, -0.15) is 5.10 Å². The molecule has 118 valence electrons. The van der Waals surface area contributed by atoms with E-state index < -0.39 is 5.91 Å². The van der Waals surface area contributed by atoms with Crippen LogP contribution in [0.1, 0.15) is 10.4 Å². The van der Waals surface area contributed by atoms with Crippen molar-refractivity contribution >= 4 is 16.8 Å². The predicted octanol–water partition coefficient (Wildman–Crippen LogP) is 2.86. The summed E-state index contributed by atoms with van der Waals surface area (Å²) in [5.74, 6) is -0.256. The largest absolute Gasteiger partial charge is 0.366 e. The molecule has 0 aliphatic heterocycles. The molecule has 2 aromatic carbocycles. The SMILES string of the molecule is NC(=O)c1ccc2[nH]nc(-c3ncc(-c4ccc(F)cc4)[nH]3)c2c1. The highest BCUT2D eigenvalue weighted by molar-refractivity contribution is 6.00. The Bertz CT molecular complexity index is 1050. The number of carbonyl (C=O) groups excluding carboxylic acids is 1. The minimum atomic E-state index is -0.504. The third-order valence-corrected chi connectivity index (χ3v) is 3.80. The second kappa shape index (κ2) is 5.31. The number of amides is 1. The Labute approximate surface area is 135 Å². The lowest BCUT2D eigenvalue weighted by molar-refractivity contribution is 0.100. The molecule has 0 fully saturated rings. The number of imidazole rings is 1. The fraction of sp³-hybridized carbons (Fsp3) is 0. The Morgan fingerprint density at radius 3 is 2.67 bits per heavy atom. The van der Waals surface area contributed by atoms with Gasteiger partial charge in [-0.05, 0) is 48.0 Å². The van der Waals surface area contributed by atoms with Gasteiger partial charge in [0.05, 0.1) is 17.4 Å². The first-order valence-corrected chi connectivity index (χ1v) is 7.21. The number of hydrogen-bond donors (Lipinski definition) is 3. The lowest BCUT2D eigenvalue weighted by Gasteiger charge is -1.98. The number of fused-ring (bicyclic) bond motifs is 1. The molecule has 0 spiro atoms. The minimum Gasteiger partial charge on any atom is -0.366 e. The van der Waals surface area contributed by atoms with Gasteiger partial charge < -0.3 is 10.7 Å². The Kier molecular flexibility index (Phi) is 3.13. The van der Waals surface area contributed by atoms with E-state index in [2.05, 4.69) is 20.2 Å². The van der Waals surface area contributed by atoms with Gasteiger partial charge in [-0.1, -0.05) is 0 Å². The lowest BCUT2D eigenvalue weighted by atomic mass is 10.1. The van der Waals surface area contributed by atoms with E-state index in [-0.39, 0.29) is 5.82 Å². The third-order valence-electron chi connectivity index (χ3n) is 3.80. The molecular weight excluding hydrogens is 309 g/mol. The van der Waals surface area contributed by atoms with Crippen molar-refractivity contribution in [1.29, 1.82) is 0 Å². The normalized spacial score (nSPS) is 11.0. The summed E-state index contributed by atoms with van der Waals surface area (Å²) < 4.78 is 13.0. The molecule has 4 aromatic rings. The molecule has 1 amide bonds. The van der Waals surface area contributed by atoms with Gasteiger partial charge >= 0.3 is 0 Å². The van der Waals surface area contributed by atoms with Crippen LogP contribution in [0.5, 0.6) is 0 Å². The molecule has 2 aromatic heterocycles. The van der Waals surface area contributed by atoms with Gasteiger partial charge in [-0.15, -0.1) is 0 Å². The van der Waals surface area contributed by atoms with E-state index in [1.807, 2.05) is 0 Å². The molecule has 0 atom stereocenters. The number of halogens is 1. The molecule has 0 aliphatic rings. The molecule has 2 heterocycles. The summed E-state index contributed by atoms with van der Waals surface area (Å²) in [5, 5.41) is 7.90. The van der Waals surface area contributed by atoms with E-state index in [0.29, 0.717) is 17.1 Å². The van der Waals surface area contributed by atoms with Crippen molar-refractivity contribution in [3.05, 3.63) is 60.0 Å². The van der Waals surface area contributed by atoms with Crippen molar-refractivity contribution < 1.29 is 9.18 Å². The summed E-state index contributed by atoms with van der Waals surface area (Å²) in [4.78, 5) is 18.9. The molecule has 0 bridgehead atoms. The van der Waals surface area contributed by atoms with Gasteiger partial charge in [0.25, 0.3) is 0 Å². The van der Waals surface area contributed by atoms with E-state index in [9.17, 15) is 9.18 Å². The number of carbonyl (C=O) groups is 1. The van der Waals surface area contributed by atoms with Crippen LogP contribution in [0.3, 0.4) is 0 Å². The van der Waals surface area contributed by atoms with Gasteiger partial charge in [0, 0.05) is 10.9 Å². The summed E-state index contributed by atoms with van der Waals surface area (Å²) in [6.07, 6.45) is 1.65. The molecule has 0 aliphatic carbocycles. The van der Waals surface area contributed by atoms with Crippen molar-refractivity contribution in [2.45, 2.75) is 0 Å². The zero-order valence-electron chi connectivity index (χ0n) is 12.4. The minimum absolute atomic E-state index is 0.296. The van der Waals surface area contributed by atoms with Gasteiger partial charge in [0.1, 0.15) is 11.5 Å². The van der Waals surface area contributed by atoms with Crippen LogP contribution >= 0.6 is 0 Å². The molecule has 7 heteroatoms. The van der Waals surface area contributed by atoms with Crippen molar-refractivity contribution in [1.82, 2.24) is 20.2 Å². The van der Waals surface area contributed by atoms with Gasteiger partial charge in [-0.25, -0.2) is 9.37 Å². The summed E-state index contributed by atoms with van der Waals surface area (Å²) in [5.41, 5.74) is 8.64. The Balaban J connectivity index is 1.79. The molecule has 4 N–H and O–H groups in total. The van der Waals surface area contributed by atoms with Crippen LogP contribution in [-0.2, 0) is 0 Å². The summed E-state index contributed by atoms with van der Waals surface area (Å²) >= 11 is 0. The molecule has 4 rings (SSSR count). The maximum atomic E-state index is 13.0. The van der Waals surface area contributed by atoms with Crippen LogP contribution in [0.4, 0.5) is 4.39 Å². The van der Waals surface area contributed by atoms with Gasteiger partial charge in [-0.3, -0.25) is 9.89 Å². The number of nitrogens with zero attached hydrogens (tertiary/aromatic N) is 2. The highest BCUT2D eigenvalue weighted by atomic mass is 19.1. The fourth-order valence-corrected chi connectivity index (χ4v) is 2.57. The molecule has 6 nitrogen and oxygen atoms in total. The number of rotatable bonds is 3. The molecule has 0 saturated heterocycles. The number of benzene rings is 2. The first-order chi connectivity index (χ1) is 11.6. The number of hydrogen-bond acceptors (Lipinski definition) is 3. The molecule has 24 heavy (non-hydrogen) atoms. The van der Waals surface area contributed by atoms with Crippen molar-refractivity contribution in [3.63, 3.8) is 0 Å². The monoisotopic (exact) mass is 321 g/mol. The summed E-state index contributed by atoms with van der Waals surface area (Å²) in [6.45, 7) is 0. The number of nitrogens with one attached hydrogen (secondary N) is 2. The first kappa shape index (κ1) is 14.1. The molecule has 0 saturated carbocycles. The Morgan fingerprint density at radius 2 is 1.92 bits per heavy atom. The average molecular weight is 321 g/mol. The molecular formula is C17H12FN5O. The van der Waals surface area contributed by atoms with Crippen LogP contribution in [0.2, 0.25) is 0 Å². The molecule has 0 unspecified atom stereocenters. The van der Waals surface area contributed by atoms with Crippen molar-refractivity contribution in [3.8, 4) is 22.8 Å². The number of aromatic nitrogens is 4. The van der Waals surface area contributed by atoms with Crippen LogP contribution in [0, 0.1) is 5.82 Å². The summed E-state index contributed by atoms with van der Waals surface area (Å²) in [7, 11) is 0. The van der Waals surface area contributed by atoms with Gasteiger partial charge in [0.2, 0.25) is 5.91 Å². The average Bonchev–Trinajstić information content (AvgIpc) is 3.21. The molecule has 0 radical (unpaired) electrons. The van der Waals surface area contributed by atoms with E-state index in [0.717, 1.165) is 22.2 Å². The zero-order chi connectivity index (χ0) is 16.7. The predicted molar refractivity (Wildman–Crippen MR) is 87.6 cm³/mol. The van der Waals surface area contributed by atoms with Crippen LogP contribution < -0.4 is 5.73 Å². The Morgan fingerprint density at radius 1 is 1.12 bits per heavy atom. The maximum absolute atomic E-state index is 13.0. The lowest BCUT2D eigenvalue weighted by Crippen LogP contribution is -2.10. The smallest absolute Gasteiger partial charge is 0.248 e. The zero-order valence-corrected chi connectivity index (χ0v) is 12.4. The quantitative estimate of drug-likeness (QED) is 0.541. The van der Waals surface area contributed by atoms with E-state index in [1.54, 1.807) is 36.5 Å². The van der Waals surface area contributed by atoms with Crippen LogP contribution in [-0.4, -0.2) is 26.1 Å². The first-order valence-electron chi connectivity index (χ1n) is 7.21. The van der Waals surface area contributed by atoms with E-state index >= 15 is 0 Å². The van der Waals surface area contributed by atoms with Crippen molar-refractivity contribution in [2.75, 3.05) is 0 Å². The summed E-state index contributed by atoms with van der Waals surface area (Å²) in [6, 6.07) is 11.2. The van der Waals surface area contributed by atoms with Crippen LogP contribution in [0.15, 0.2) is 48.7 Å². The number of primary amides is 1.